The summed E-state index contributed by atoms with van der Waals surface area (Å²) in [6.45, 7) is 0. The average molecular weight is 287 g/mol. The van der Waals surface area contributed by atoms with Crippen molar-refractivity contribution in [2.75, 3.05) is 0 Å². The van der Waals surface area contributed by atoms with E-state index in [0.29, 0.717) is 16.6 Å². The predicted octanol–water partition coefficient (Wildman–Crippen LogP) is 3.65. The minimum atomic E-state index is -0.510. The zero-order valence-corrected chi connectivity index (χ0v) is 10.9. The van der Waals surface area contributed by atoms with Crippen molar-refractivity contribution in [1.82, 2.24) is 9.97 Å². The van der Waals surface area contributed by atoms with Gasteiger partial charge in [-0.15, -0.1) is 0 Å². The van der Waals surface area contributed by atoms with Gasteiger partial charge in [0, 0.05) is 18.0 Å². The van der Waals surface area contributed by atoms with Crippen LogP contribution in [0.2, 0.25) is 5.02 Å². The average Bonchev–Trinajstić information content (AvgIpc) is 2.48. The Morgan fingerprint density at radius 3 is 2.70 bits per heavy atom. The highest BCUT2D eigenvalue weighted by atomic mass is 35.5. The molecule has 0 amide bonds. The predicted molar refractivity (Wildman–Crippen MR) is 74.4 cm³/mol. The van der Waals surface area contributed by atoms with Crippen molar-refractivity contribution >= 4 is 28.4 Å². The first-order valence-corrected chi connectivity index (χ1v) is 6.24. The molecule has 3 aromatic rings. The second-order valence-corrected chi connectivity index (χ2v) is 4.59. The molecule has 3 nitrogen and oxygen atoms in total. The fourth-order valence-electron chi connectivity index (χ4n) is 1.99. The summed E-state index contributed by atoms with van der Waals surface area (Å²) in [4.78, 5) is 20.8. The first-order valence-electron chi connectivity index (χ1n) is 5.86. The maximum Gasteiger partial charge on any atom is 0.196 e. The van der Waals surface area contributed by atoms with Crippen LogP contribution in [0.25, 0.3) is 11.0 Å². The number of rotatable bonds is 2. The van der Waals surface area contributed by atoms with Gasteiger partial charge >= 0.3 is 0 Å². The minimum Gasteiger partial charge on any atom is -0.288 e. The molecule has 3 rings (SSSR count). The van der Waals surface area contributed by atoms with E-state index in [4.69, 9.17) is 11.6 Å². The maximum absolute atomic E-state index is 13.3. The molecule has 5 heteroatoms. The topological polar surface area (TPSA) is 42.9 Å². The first-order chi connectivity index (χ1) is 9.66. The molecule has 0 aliphatic carbocycles. The first kappa shape index (κ1) is 12.7. The summed E-state index contributed by atoms with van der Waals surface area (Å²) in [6, 6.07) is 8.78. The molecule has 0 saturated carbocycles. The van der Waals surface area contributed by atoms with Crippen LogP contribution in [0.15, 0.2) is 48.8 Å². The van der Waals surface area contributed by atoms with Crippen LogP contribution in [0.1, 0.15) is 15.9 Å². The molecule has 98 valence electrons. The van der Waals surface area contributed by atoms with E-state index in [0.717, 1.165) is 6.07 Å². The van der Waals surface area contributed by atoms with Crippen LogP contribution in [0.5, 0.6) is 0 Å². The Labute approximate surface area is 119 Å². The summed E-state index contributed by atoms with van der Waals surface area (Å²) in [7, 11) is 0. The monoisotopic (exact) mass is 286 g/mol. The van der Waals surface area contributed by atoms with Gasteiger partial charge in [-0.3, -0.25) is 14.8 Å². The van der Waals surface area contributed by atoms with Crippen LogP contribution in [0.4, 0.5) is 4.39 Å². The maximum atomic E-state index is 13.3. The molecular formula is C15H8ClFN2O. The van der Waals surface area contributed by atoms with Crippen LogP contribution in [0, 0.1) is 5.82 Å². The summed E-state index contributed by atoms with van der Waals surface area (Å²) in [6.07, 6.45) is 3.05. The third-order valence-corrected chi connectivity index (χ3v) is 3.25. The number of hydrogen-bond acceptors (Lipinski definition) is 3. The number of benzene rings is 2. The molecule has 0 aliphatic heterocycles. The summed E-state index contributed by atoms with van der Waals surface area (Å²) < 4.78 is 13.3. The van der Waals surface area contributed by atoms with Crippen molar-refractivity contribution in [1.29, 1.82) is 0 Å². The Kier molecular flexibility index (Phi) is 3.16. The van der Waals surface area contributed by atoms with Crippen molar-refractivity contribution in [3.8, 4) is 0 Å². The van der Waals surface area contributed by atoms with Crippen LogP contribution >= 0.6 is 11.6 Å². The molecular weight excluding hydrogens is 279 g/mol. The molecule has 20 heavy (non-hydrogen) atoms. The quantitative estimate of drug-likeness (QED) is 0.675. The molecule has 0 radical (unpaired) electrons. The Hall–Kier alpha value is -2.33. The highest BCUT2D eigenvalue weighted by Gasteiger charge is 2.17. The fraction of sp³-hybridized carbons (Fsp3) is 0. The Bertz CT molecular complexity index is 815. The molecule has 0 bridgehead atoms. The van der Waals surface area contributed by atoms with Crippen molar-refractivity contribution < 1.29 is 9.18 Å². The smallest absolute Gasteiger partial charge is 0.196 e. The number of fused-ring (bicyclic) bond motifs is 1. The van der Waals surface area contributed by atoms with E-state index in [1.807, 2.05) is 0 Å². The molecule has 1 heterocycles. The molecule has 0 saturated heterocycles. The van der Waals surface area contributed by atoms with E-state index in [1.54, 1.807) is 24.4 Å². The molecule has 0 fully saturated rings. The Balaban J connectivity index is 2.20. The molecule has 1 aromatic heterocycles. The molecule has 0 N–H and O–H groups in total. The van der Waals surface area contributed by atoms with Crippen LogP contribution in [-0.4, -0.2) is 15.8 Å². The third kappa shape index (κ3) is 2.14. The largest absolute Gasteiger partial charge is 0.288 e. The van der Waals surface area contributed by atoms with Crippen LogP contribution in [-0.2, 0) is 0 Å². The fourth-order valence-corrected chi connectivity index (χ4v) is 2.20. The Morgan fingerprint density at radius 1 is 1.05 bits per heavy atom. The number of ketones is 1. The van der Waals surface area contributed by atoms with E-state index in [1.165, 1.54) is 18.3 Å². The van der Waals surface area contributed by atoms with Gasteiger partial charge in [0.2, 0.25) is 0 Å². The molecule has 2 aromatic carbocycles. The van der Waals surface area contributed by atoms with Gasteiger partial charge in [0.15, 0.2) is 5.78 Å². The van der Waals surface area contributed by atoms with Gasteiger partial charge in [-0.25, -0.2) is 4.39 Å². The zero-order valence-electron chi connectivity index (χ0n) is 10.2. The number of hydrogen-bond donors (Lipinski definition) is 0. The number of carbonyl (C=O) groups excluding carboxylic acids is 1. The molecule has 0 unspecified atom stereocenters. The lowest BCUT2D eigenvalue weighted by Gasteiger charge is -2.06. The molecule has 0 aliphatic rings. The second kappa shape index (κ2) is 4.98. The summed E-state index contributed by atoms with van der Waals surface area (Å²) in [5.41, 5.74) is 1.54. The number of para-hydroxylation sites is 1. The van der Waals surface area contributed by atoms with Crippen molar-refractivity contribution in [2.24, 2.45) is 0 Å². The normalized spacial score (nSPS) is 10.7. The number of halogens is 2. The van der Waals surface area contributed by atoms with Gasteiger partial charge in [0.1, 0.15) is 5.82 Å². The number of aromatic nitrogens is 2. The van der Waals surface area contributed by atoms with Gasteiger partial charge in [-0.2, -0.15) is 0 Å². The highest BCUT2D eigenvalue weighted by Crippen LogP contribution is 2.23. The molecule has 0 atom stereocenters. The van der Waals surface area contributed by atoms with Gasteiger partial charge in [0.25, 0.3) is 0 Å². The van der Waals surface area contributed by atoms with Gasteiger partial charge in [0.05, 0.1) is 21.6 Å². The van der Waals surface area contributed by atoms with Crippen LogP contribution in [0.3, 0.4) is 0 Å². The van der Waals surface area contributed by atoms with E-state index >= 15 is 0 Å². The number of nitrogens with zero attached hydrogens (tertiary/aromatic N) is 2. The lowest BCUT2D eigenvalue weighted by atomic mass is 10.0. The van der Waals surface area contributed by atoms with E-state index in [2.05, 4.69) is 9.97 Å². The summed E-state index contributed by atoms with van der Waals surface area (Å²) in [5, 5.41) is 0.206. The Morgan fingerprint density at radius 2 is 1.85 bits per heavy atom. The number of carbonyl (C=O) groups is 1. The van der Waals surface area contributed by atoms with Crippen molar-refractivity contribution in [3.05, 3.63) is 70.8 Å². The van der Waals surface area contributed by atoms with E-state index in [-0.39, 0.29) is 16.4 Å². The van der Waals surface area contributed by atoms with Gasteiger partial charge < -0.3 is 0 Å². The minimum absolute atomic E-state index is 0.116. The lowest BCUT2D eigenvalue weighted by Crippen LogP contribution is -2.04. The van der Waals surface area contributed by atoms with Gasteiger partial charge in [-0.1, -0.05) is 17.7 Å². The third-order valence-electron chi connectivity index (χ3n) is 2.92. The van der Waals surface area contributed by atoms with Crippen molar-refractivity contribution in [3.63, 3.8) is 0 Å². The lowest BCUT2D eigenvalue weighted by molar-refractivity contribution is 0.104. The molecule has 0 spiro atoms. The summed E-state index contributed by atoms with van der Waals surface area (Å²) >= 11 is 5.97. The highest BCUT2D eigenvalue weighted by molar-refractivity contribution is 6.35. The van der Waals surface area contributed by atoms with Crippen LogP contribution < -0.4 is 0 Å². The summed E-state index contributed by atoms with van der Waals surface area (Å²) in [5.74, 6) is -0.885. The van der Waals surface area contributed by atoms with Crippen molar-refractivity contribution in [2.45, 2.75) is 0 Å². The van der Waals surface area contributed by atoms with E-state index < -0.39 is 5.82 Å². The zero-order chi connectivity index (χ0) is 14.1. The SMILES string of the molecule is O=C(c1cc(F)ccc1Cl)c1cccc2nccnc12. The standard InChI is InChI=1S/C15H8ClFN2O/c16-12-5-4-9(17)8-11(12)15(20)10-2-1-3-13-14(10)19-7-6-18-13/h1-8H. The van der Waals surface area contributed by atoms with Gasteiger partial charge in [-0.05, 0) is 30.3 Å². The van der Waals surface area contributed by atoms with E-state index in [9.17, 15) is 9.18 Å². The second-order valence-electron chi connectivity index (χ2n) is 4.18.